The minimum absolute atomic E-state index is 0.0605. The molecule has 0 unspecified atom stereocenters. The van der Waals surface area contributed by atoms with Crippen molar-refractivity contribution in [1.29, 1.82) is 0 Å². The van der Waals surface area contributed by atoms with Gasteiger partial charge in [-0.2, -0.15) is 13.2 Å². The molecule has 0 saturated heterocycles. The van der Waals surface area contributed by atoms with Crippen LogP contribution in [0.25, 0.3) is 16.2 Å². The van der Waals surface area contributed by atoms with E-state index in [1.54, 1.807) is 24.3 Å². The monoisotopic (exact) mass is 299 g/mol. The Balaban J connectivity index is 1.98. The van der Waals surface area contributed by atoms with Gasteiger partial charge in [0.15, 0.2) is 0 Å². The van der Waals surface area contributed by atoms with E-state index in [0.717, 1.165) is 15.6 Å². The summed E-state index contributed by atoms with van der Waals surface area (Å²) in [7, 11) is 0. The van der Waals surface area contributed by atoms with Crippen molar-refractivity contribution in [3.05, 3.63) is 41.0 Å². The third-order valence-corrected chi connectivity index (χ3v) is 3.69. The number of hydrogen-bond acceptors (Lipinski definition) is 4. The molecule has 104 valence electrons. The number of aliphatic hydroxyl groups is 1. The SMILES string of the molecule is OCc1ccc(-c2cn3nc(C(F)(F)F)sc3n2)cc1. The molecule has 0 bridgehead atoms. The van der Waals surface area contributed by atoms with Gasteiger partial charge in [-0.15, -0.1) is 5.10 Å². The van der Waals surface area contributed by atoms with Crippen LogP contribution in [0.4, 0.5) is 13.2 Å². The van der Waals surface area contributed by atoms with Crippen molar-refractivity contribution in [2.75, 3.05) is 0 Å². The number of aromatic nitrogens is 3. The van der Waals surface area contributed by atoms with E-state index in [4.69, 9.17) is 5.11 Å². The first-order chi connectivity index (χ1) is 9.47. The van der Waals surface area contributed by atoms with Gasteiger partial charge < -0.3 is 5.11 Å². The molecule has 2 aromatic heterocycles. The Morgan fingerprint density at radius 1 is 1.20 bits per heavy atom. The molecule has 1 N–H and O–H groups in total. The molecule has 0 atom stereocenters. The van der Waals surface area contributed by atoms with Crippen LogP contribution in [-0.2, 0) is 12.8 Å². The molecule has 8 heteroatoms. The maximum absolute atomic E-state index is 12.5. The third-order valence-electron chi connectivity index (χ3n) is 2.72. The van der Waals surface area contributed by atoms with Crippen LogP contribution in [-0.4, -0.2) is 19.7 Å². The Bertz CT molecular complexity index is 714. The molecule has 0 fully saturated rings. The molecule has 0 aliphatic heterocycles. The summed E-state index contributed by atoms with van der Waals surface area (Å²) in [6.45, 7) is -0.0605. The summed E-state index contributed by atoms with van der Waals surface area (Å²) < 4.78 is 38.6. The molecule has 0 amide bonds. The first kappa shape index (κ1) is 13.1. The topological polar surface area (TPSA) is 50.4 Å². The zero-order valence-electron chi connectivity index (χ0n) is 9.92. The number of nitrogens with zero attached hydrogens (tertiary/aromatic N) is 3. The number of alkyl halides is 3. The second kappa shape index (κ2) is 4.57. The molecule has 0 saturated carbocycles. The van der Waals surface area contributed by atoms with Gasteiger partial charge in [-0.05, 0) is 5.56 Å². The van der Waals surface area contributed by atoms with Crippen LogP contribution in [0.3, 0.4) is 0 Å². The fraction of sp³-hybridized carbons (Fsp3) is 0.167. The van der Waals surface area contributed by atoms with Crippen molar-refractivity contribution < 1.29 is 18.3 Å². The minimum atomic E-state index is -4.45. The van der Waals surface area contributed by atoms with Gasteiger partial charge in [0.05, 0.1) is 18.5 Å². The Hall–Kier alpha value is -1.93. The fourth-order valence-electron chi connectivity index (χ4n) is 1.73. The van der Waals surface area contributed by atoms with E-state index < -0.39 is 11.2 Å². The van der Waals surface area contributed by atoms with E-state index in [-0.39, 0.29) is 11.6 Å². The van der Waals surface area contributed by atoms with Crippen LogP contribution >= 0.6 is 11.3 Å². The van der Waals surface area contributed by atoms with Crippen LogP contribution in [0.1, 0.15) is 10.6 Å². The Labute approximate surface area is 115 Å². The lowest BCUT2D eigenvalue weighted by atomic mass is 10.1. The molecule has 20 heavy (non-hydrogen) atoms. The highest BCUT2D eigenvalue weighted by molar-refractivity contribution is 7.16. The number of benzene rings is 1. The number of rotatable bonds is 2. The zero-order valence-corrected chi connectivity index (χ0v) is 10.7. The van der Waals surface area contributed by atoms with Gasteiger partial charge in [-0.25, -0.2) is 9.50 Å². The zero-order chi connectivity index (χ0) is 14.3. The molecule has 1 aromatic carbocycles. The van der Waals surface area contributed by atoms with Crippen molar-refractivity contribution in [3.8, 4) is 11.3 Å². The highest BCUT2D eigenvalue weighted by atomic mass is 32.1. The molecular weight excluding hydrogens is 291 g/mol. The summed E-state index contributed by atoms with van der Waals surface area (Å²) in [6.07, 6.45) is -3.00. The largest absolute Gasteiger partial charge is 0.445 e. The molecule has 0 aliphatic carbocycles. The van der Waals surface area contributed by atoms with Gasteiger partial charge in [0.2, 0.25) is 9.97 Å². The number of hydrogen-bond donors (Lipinski definition) is 1. The average Bonchev–Trinajstić information content (AvgIpc) is 2.96. The number of fused-ring (bicyclic) bond motifs is 1. The lowest BCUT2D eigenvalue weighted by Gasteiger charge is -1.99. The summed E-state index contributed by atoms with van der Waals surface area (Å²) in [5.41, 5.74) is 2.06. The van der Waals surface area contributed by atoms with Crippen molar-refractivity contribution in [2.45, 2.75) is 12.8 Å². The third kappa shape index (κ3) is 2.27. The lowest BCUT2D eigenvalue weighted by molar-refractivity contribution is -0.138. The minimum Gasteiger partial charge on any atom is -0.392 e. The standard InChI is InChI=1S/C12H8F3N3OS/c13-12(14,15)10-17-18-5-9(16-11(18)20-10)8-3-1-7(6-19)2-4-8/h1-5,19H,6H2. The molecule has 2 heterocycles. The molecule has 0 radical (unpaired) electrons. The van der Waals surface area contributed by atoms with E-state index in [0.29, 0.717) is 17.0 Å². The summed E-state index contributed by atoms with van der Waals surface area (Å²) >= 11 is 0.503. The van der Waals surface area contributed by atoms with Gasteiger partial charge in [0.25, 0.3) is 0 Å². The molecular formula is C12H8F3N3OS. The van der Waals surface area contributed by atoms with Crippen LogP contribution in [0.15, 0.2) is 30.5 Å². The maximum Gasteiger partial charge on any atom is 0.445 e. The van der Waals surface area contributed by atoms with E-state index in [1.165, 1.54) is 6.20 Å². The van der Waals surface area contributed by atoms with Gasteiger partial charge >= 0.3 is 6.18 Å². The second-order valence-corrected chi connectivity index (χ2v) is 5.07. The fourth-order valence-corrected chi connectivity index (χ4v) is 2.48. The predicted octanol–water partition coefficient (Wildman–Crippen LogP) is 2.97. The van der Waals surface area contributed by atoms with Gasteiger partial charge in [-0.1, -0.05) is 35.6 Å². The van der Waals surface area contributed by atoms with E-state index in [2.05, 4.69) is 10.1 Å². The van der Waals surface area contributed by atoms with E-state index >= 15 is 0 Å². The van der Waals surface area contributed by atoms with Gasteiger partial charge in [-0.3, -0.25) is 0 Å². The number of aliphatic hydroxyl groups excluding tert-OH is 1. The Kier molecular flexibility index (Phi) is 2.98. The Morgan fingerprint density at radius 2 is 1.90 bits per heavy atom. The van der Waals surface area contributed by atoms with Crippen molar-refractivity contribution >= 4 is 16.3 Å². The van der Waals surface area contributed by atoms with E-state index in [1.807, 2.05) is 0 Å². The first-order valence-corrected chi connectivity index (χ1v) is 6.42. The second-order valence-electron chi connectivity index (χ2n) is 4.11. The predicted molar refractivity (Wildman–Crippen MR) is 67.2 cm³/mol. The normalized spacial score (nSPS) is 12.2. The summed E-state index contributed by atoms with van der Waals surface area (Å²) in [6, 6.07) is 6.97. The molecule has 0 spiro atoms. The highest BCUT2D eigenvalue weighted by Gasteiger charge is 2.35. The highest BCUT2D eigenvalue weighted by Crippen LogP contribution is 2.33. The number of imidazole rings is 1. The molecule has 0 aliphatic rings. The summed E-state index contributed by atoms with van der Waals surface area (Å²) in [5, 5.41) is 11.5. The van der Waals surface area contributed by atoms with Crippen LogP contribution in [0, 0.1) is 0 Å². The average molecular weight is 299 g/mol. The smallest absolute Gasteiger partial charge is 0.392 e. The molecule has 3 rings (SSSR count). The maximum atomic E-state index is 12.5. The van der Waals surface area contributed by atoms with Crippen LogP contribution in [0.5, 0.6) is 0 Å². The lowest BCUT2D eigenvalue weighted by Crippen LogP contribution is -2.04. The molecule has 3 aromatic rings. The Morgan fingerprint density at radius 3 is 2.45 bits per heavy atom. The van der Waals surface area contributed by atoms with Gasteiger partial charge in [0, 0.05) is 5.56 Å². The quantitative estimate of drug-likeness (QED) is 0.791. The molecule has 4 nitrogen and oxygen atoms in total. The van der Waals surface area contributed by atoms with Crippen molar-refractivity contribution in [1.82, 2.24) is 14.6 Å². The number of halogens is 3. The van der Waals surface area contributed by atoms with Crippen LogP contribution < -0.4 is 0 Å². The van der Waals surface area contributed by atoms with Crippen LogP contribution in [0.2, 0.25) is 0 Å². The van der Waals surface area contributed by atoms with E-state index in [9.17, 15) is 13.2 Å². The van der Waals surface area contributed by atoms with Crippen molar-refractivity contribution in [3.63, 3.8) is 0 Å². The van der Waals surface area contributed by atoms with Gasteiger partial charge in [0.1, 0.15) is 0 Å². The first-order valence-electron chi connectivity index (χ1n) is 5.61. The summed E-state index contributed by atoms with van der Waals surface area (Å²) in [5.74, 6) is 0. The van der Waals surface area contributed by atoms with Crippen molar-refractivity contribution in [2.24, 2.45) is 0 Å². The summed E-state index contributed by atoms with van der Waals surface area (Å²) in [4.78, 5) is 4.32.